The van der Waals surface area contributed by atoms with Crippen molar-refractivity contribution >= 4 is 22.9 Å². The average molecular weight is 307 g/mol. The van der Waals surface area contributed by atoms with Gasteiger partial charge in [0.15, 0.2) is 0 Å². The fourth-order valence-corrected chi connectivity index (χ4v) is 3.88. The Balaban J connectivity index is 1.83. The van der Waals surface area contributed by atoms with Crippen LogP contribution in [0.25, 0.3) is 0 Å². The summed E-state index contributed by atoms with van der Waals surface area (Å²) in [6, 6.07) is 6.59. The van der Waals surface area contributed by atoms with E-state index in [1.807, 2.05) is 13.0 Å². The molecule has 0 fully saturated rings. The first kappa shape index (κ1) is 14.1. The van der Waals surface area contributed by atoms with E-state index in [1.165, 1.54) is 11.1 Å². The molecule has 106 valence electrons. The Labute approximate surface area is 129 Å². The number of aromatic nitrogens is 1. The molecule has 2 aromatic rings. The number of aryl methyl sites for hydroxylation is 1. The molecule has 0 radical (unpaired) electrons. The number of benzene rings is 1. The zero-order valence-electron chi connectivity index (χ0n) is 12.0. The Bertz CT molecular complexity index is 633. The lowest BCUT2D eigenvalue weighted by atomic mass is 9.85. The van der Waals surface area contributed by atoms with Crippen molar-refractivity contribution in [2.24, 2.45) is 5.41 Å². The summed E-state index contributed by atoms with van der Waals surface area (Å²) in [6.45, 7) is 7.48. The quantitative estimate of drug-likeness (QED) is 0.902. The number of nitrogens with one attached hydrogen (secondary N) is 1. The Kier molecular flexibility index (Phi) is 3.61. The van der Waals surface area contributed by atoms with Crippen LogP contribution in [0.4, 0.5) is 0 Å². The lowest BCUT2D eigenvalue weighted by molar-refractivity contribution is 0.267. The minimum absolute atomic E-state index is 0.206. The lowest BCUT2D eigenvalue weighted by Gasteiger charge is -2.28. The fraction of sp³-hybridized carbons (Fsp3) is 0.438. The first-order valence-corrected chi connectivity index (χ1v) is 8.14. The molecule has 0 bridgehead atoms. The fourth-order valence-electron chi connectivity index (χ4n) is 3.09. The largest absolute Gasteiger partial charge is 0.304 e. The highest BCUT2D eigenvalue weighted by molar-refractivity contribution is 7.09. The summed E-state index contributed by atoms with van der Waals surface area (Å²) in [5.41, 5.74) is 4.08. The van der Waals surface area contributed by atoms with Crippen molar-refractivity contribution in [3.8, 4) is 0 Å². The molecule has 0 amide bonds. The van der Waals surface area contributed by atoms with Crippen LogP contribution >= 0.6 is 22.9 Å². The number of fused-ring (bicyclic) bond motifs is 1. The zero-order valence-corrected chi connectivity index (χ0v) is 13.6. The summed E-state index contributed by atoms with van der Waals surface area (Å²) in [6.07, 6.45) is 1.09. The van der Waals surface area contributed by atoms with E-state index in [-0.39, 0.29) is 5.41 Å². The summed E-state index contributed by atoms with van der Waals surface area (Å²) >= 11 is 7.87. The number of halogens is 1. The van der Waals surface area contributed by atoms with E-state index in [0.717, 1.165) is 28.7 Å². The van der Waals surface area contributed by atoms with Gasteiger partial charge in [-0.15, -0.1) is 11.3 Å². The molecule has 1 aromatic carbocycles. The predicted octanol–water partition coefficient (Wildman–Crippen LogP) is 4.52. The maximum absolute atomic E-state index is 6.16. The molecule has 1 unspecified atom stereocenters. The van der Waals surface area contributed by atoms with Gasteiger partial charge in [-0.1, -0.05) is 31.5 Å². The van der Waals surface area contributed by atoms with E-state index in [9.17, 15) is 0 Å². The smallest absolute Gasteiger partial charge is 0.0897 e. The van der Waals surface area contributed by atoms with E-state index < -0.39 is 0 Å². The molecule has 1 aliphatic carbocycles. The number of hydrogen-bond donors (Lipinski definition) is 1. The molecule has 1 N–H and O–H groups in total. The highest BCUT2D eigenvalue weighted by Crippen LogP contribution is 2.45. The number of nitrogens with zero attached hydrogens (tertiary/aromatic N) is 1. The second-order valence-corrected chi connectivity index (χ2v) is 7.68. The van der Waals surface area contributed by atoms with Gasteiger partial charge in [0.05, 0.1) is 10.7 Å². The Morgan fingerprint density at radius 3 is 2.95 bits per heavy atom. The standard InChI is InChI=1S/C16H19ClN2S/c1-10-19-13(9-20-10)8-18-15-14-6-12(17)5-4-11(14)7-16(15,2)3/h4-6,9,15,18H,7-8H2,1-3H3. The molecule has 1 atom stereocenters. The molecule has 0 spiro atoms. The molecule has 20 heavy (non-hydrogen) atoms. The predicted molar refractivity (Wildman–Crippen MR) is 85.4 cm³/mol. The van der Waals surface area contributed by atoms with Gasteiger partial charge in [-0.2, -0.15) is 0 Å². The SMILES string of the molecule is Cc1nc(CNC2c3cc(Cl)ccc3CC2(C)C)cs1. The molecule has 0 saturated carbocycles. The number of thiazole rings is 1. The van der Waals surface area contributed by atoms with E-state index in [1.54, 1.807) is 11.3 Å². The van der Waals surface area contributed by atoms with Gasteiger partial charge in [0.25, 0.3) is 0 Å². The molecular weight excluding hydrogens is 288 g/mol. The van der Waals surface area contributed by atoms with E-state index in [0.29, 0.717) is 6.04 Å². The topological polar surface area (TPSA) is 24.9 Å². The molecular formula is C16H19ClN2S. The van der Waals surface area contributed by atoms with E-state index >= 15 is 0 Å². The maximum Gasteiger partial charge on any atom is 0.0897 e. The normalized spacial score (nSPS) is 20.1. The van der Waals surface area contributed by atoms with Gasteiger partial charge < -0.3 is 5.32 Å². The van der Waals surface area contributed by atoms with E-state index in [4.69, 9.17) is 11.6 Å². The van der Waals surface area contributed by atoms with Gasteiger partial charge in [-0.25, -0.2) is 4.98 Å². The molecule has 1 aliphatic rings. The van der Waals surface area contributed by atoms with Gasteiger partial charge in [-0.3, -0.25) is 0 Å². The van der Waals surface area contributed by atoms with E-state index in [2.05, 4.69) is 41.7 Å². The monoisotopic (exact) mass is 306 g/mol. The molecule has 1 heterocycles. The van der Waals surface area contributed by atoms with Crippen LogP contribution in [0.2, 0.25) is 5.02 Å². The minimum atomic E-state index is 0.206. The third kappa shape index (κ3) is 2.62. The van der Waals surface area contributed by atoms with Crippen LogP contribution in [0, 0.1) is 12.3 Å². The maximum atomic E-state index is 6.16. The Morgan fingerprint density at radius 1 is 1.45 bits per heavy atom. The Hall–Kier alpha value is -0.900. The number of rotatable bonds is 3. The van der Waals surface area contributed by atoms with Crippen LogP contribution in [-0.2, 0) is 13.0 Å². The van der Waals surface area contributed by atoms with Crippen molar-refractivity contribution in [2.45, 2.75) is 39.8 Å². The third-order valence-corrected chi connectivity index (χ3v) is 5.06. The average Bonchev–Trinajstić information content (AvgIpc) is 2.87. The third-order valence-electron chi connectivity index (χ3n) is 4.00. The van der Waals surface area contributed by atoms with Crippen molar-refractivity contribution in [3.05, 3.63) is 50.4 Å². The van der Waals surface area contributed by atoms with Crippen LogP contribution in [-0.4, -0.2) is 4.98 Å². The summed E-state index contributed by atoms with van der Waals surface area (Å²) in [5.74, 6) is 0. The highest BCUT2D eigenvalue weighted by Gasteiger charge is 2.38. The van der Waals surface area contributed by atoms with Crippen molar-refractivity contribution in [1.82, 2.24) is 10.3 Å². The molecule has 3 rings (SSSR count). The second kappa shape index (κ2) is 5.14. The molecule has 2 nitrogen and oxygen atoms in total. The van der Waals surface area contributed by atoms with Crippen molar-refractivity contribution in [3.63, 3.8) is 0 Å². The van der Waals surface area contributed by atoms with Gasteiger partial charge in [0.2, 0.25) is 0 Å². The van der Waals surface area contributed by atoms with Crippen LogP contribution in [0.15, 0.2) is 23.6 Å². The Morgan fingerprint density at radius 2 is 2.25 bits per heavy atom. The van der Waals surface area contributed by atoms with Crippen LogP contribution in [0.5, 0.6) is 0 Å². The van der Waals surface area contributed by atoms with Crippen LogP contribution < -0.4 is 5.32 Å². The van der Waals surface area contributed by atoms with Crippen molar-refractivity contribution in [1.29, 1.82) is 0 Å². The highest BCUT2D eigenvalue weighted by atomic mass is 35.5. The number of hydrogen-bond acceptors (Lipinski definition) is 3. The summed E-state index contributed by atoms with van der Waals surface area (Å²) in [4.78, 5) is 4.52. The van der Waals surface area contributed by atoms with Crippen LogP contribution in [0.1, 0.15) is 41.7 Å². The van der Waals surface area contributed by atoms with Crippen molar-refractivity contribution in [2.75, 3.05) is 0 Å². The first-order valence-electron chi connectivity index (χ1n) is 6.88. The first-order chi connectivity index (χ1) is 9.45. The van der Waals surface area contributed by atoms with Gasteiger partial charge >= 0.3 is 0 Å². The van der Waals surface area contributed by atoms with Crippen molar-refractivity contribution < 1.29 is 0 Å². The summed E-state index contributed by atoms with van der Waals surface area (Å²) < 4.78 is 0. The summed E-state index contributed by atoms with van der Waals surface area (Å²) in [5, 5.41) is 7.74. The van der Waals surface area contributed by atoms with Gasteiger partial charge in [0.1, 0.15) is 0 Å². The summed E-state index contributed by atoms with van der Waals surface area (Å²) in [7, 11) is 0. The minimum Gasteiger partial charge on any atom is -0.304 e. The van der Waals surface area contributed by atoms with Gasteiger partial charge in [0, 0.05) is 23.0 Å². The molecule has 4 heteroatoms. The van der Waals surface area contributed by atoms with Crippen LogP contribution in [0.3, 0.4) is 0 Å². The van der Waals surface area contributed by atoms with Gasteiger partial charge in [-0.05, 0) is 42.0 Å². The molecule has 0 saturated heterocycles. The zero-order chi connectivity index (χ0) is 14.3. The lowest BCUT2D eigenvalue weighted by Crippen LogP contribution is -2.30. The molecule has 1 aromatic heterocycles. The molecule has 0 aliphatic heterocycles. The second-order valence-electron chi connectivity index (χ2n) is 6.18.